The molecule has 10 nitrogen and oxygen atoms in total. The number of methoxy groups -OCH3 is 1. The van der Waals surface area contributed by atoms with Crippen LogP contribution in [0.2, 0.25) is 0 Å². The van der Waals surface area contributed by atoms with E-state index in [-0.39, 0.29) is 42.0 Å². The van der Waals surface area contributed by atoms with Gasteiger partial charge in [-0.2, -0.15) is 0 Å². The minimum absolute atomic E-state index is 0.0920. The molecule has 38 heavy (non-hydrogen) atoms. The Labute approximate surface area is 221 Å². The minimum atomic E-state index is -1.54. The van der Waals surface area contributed by atoms with Gasteiger partial charge in [-0.3, -0.25) is 9.59 Å². The molecule has 1 fully saturated rings. The maximum Gasteiger partial charge on any atom is 0.267 e. The van der Waals surface area contributed by atoms with E-state index in [9.17, 15) is 19.1 Å². The molecule has 1 aliphatic heterocycles. The number of hydrogen-bond acceptors (Lipinski definition) is 8. The fraction of sp³-hybridized carbons (Fsp3) is 0.519. The Morgan fingerprint density at radius 2 is 1.92 bits per heavy atom. The molecule has 1 unspecified atom stereocenters. The van der Waals surface area contributed by atoms with Gasteiger partial charge < -0.3 is 25.3 Å². The van der Waals surface area contributed by atoms with Crippen LogP contribution >= 0.6 is 0 Å². The van der Waals surface area contributed by atoms with Gasteiger partial charge in [0.25, 0.3) is 11.8 Å². The molecule has 2 aliphatic rings. The Balaban J connectivity index is 1.42. The minimum Gasteiger partial charge on any atom is -0.494 e. The van der Waals surface area contributed by atoms with Crippen LogP contribution in [0.25, 0.3) is 0 Å². The fourth-order valence-electron chi connectivity index (χ4n) is 5.14. The molecule has 0 radical (unpaired) electrons. The smallest absolute Gasteiger partial charge is 0.267 e. The number of nitrogens with two attached hydrogens (primary N) is 1. The number of carbonyl (C=O) groups is 2. The van der Waals surface area contributed by atoms with Gasteiger partial charge in [0, 0.05) is 19.0 Å². The van der Waals surface area contributed by atoms with E-state index in [1.807, 2.05) is 0 Å². The van der Waals surface area contributed by atoms with Crippen LogP contribution in [0.5, 0.6) is 5.75 Å². The second-order valence-corrected chi connectivity index (χ2v) is 10.5. The lowest BCUT2D eigenvalue weighted by molar-refractivity contribution is -0.152. The molecule has 4 rings (SSSR count). The van der Waals surface area contributed by atoms with E-state index in [1.165, 1.54) is 33.1 Å². The lowest BCUT2D eigenvalue weighted by Gasteiger charge is -2.40. The van der Waals surface area contributed by atoms with Gasteiger partial charge in [0.2, 0.25) is 0 Å². The first-order chi connectivity index (χ1) is 18.0. The van der Waals surface area contributed by atoms with E-state index in [2.05, 4.69) is 15.1 Å². The number of ether oxygens (including phenoxy) is 1. The lowest BCUT2D eigenvalue weighted by atomic mass is 9.80. The summed E-state index contributed by atoms with van der Waals surface area (Å²) in [4.78, 5) is 40.7. The van der Waals surface area contributed by atoms with Crippen molar-refractivity contribution in [3.63, 3.8) is 0 Å². The summed E-state index contributed by atoms with van der Waals surface area (Å²) in [6.07, 6.45) is 3.45. The molecule has 11 heteroatoms. The van der Waals surface area contributed by atoms with Crippen molar-refractivity contribution in [2.45, 2.75) is 77.2 Å². The van der Waals surface area contributed by atoms with Crippen LogP contribution in [0.15, 0.2) is 29.4 Å². The summed E-state index contributed by atoms with van der Waals surface area (Å²) < 4.78 is 19.0. The number of rotatable bonds is 8. The van der Waals surface area contributed by atoms with Crippen LogP contribution in [0, 0.1) is 18.7 Å². The van der Waals surface area contributed by atoms with Gasteiger partial charge in [-0.05, 0) is 76.1 Å². The van der Waals surface area contributed by atoms with Crippen molar-refractivity contribution in [2.24, 2.45) is 16.8 Å². The van der Waals surface area contributed by atoms with E-state index in [4.69, 9.17) is 15.3 Å². The molecule has 2 heterocycles. The van der Waals surface area contributed by atoms with Gasteiger partial charge in [-0.1, -0.05) is 11.2 Å². The highest BCUT2D eigenvalue weighted by molar-refractivity contribution is 6.01. The van der Waals surface area contributed by atoms with Gasteiger partial charge in [0.05, 0.1) is 12.8 Å². The summed E-state index contributed by atoms with van der Waals surface area (Å²) in [5.41, 5.74) is 5.87. The Kier molecular flexibility index (Phi) is 7.96. The molecule has 0 bridgehead atoms. The highest BCUT2D eigenvalue weighted by atomic mass is 19.1. The van der Waals surface area contributed by atoms with Gasteiger partial charge in [0.1, 0.15) is 28.9 Å². The Morgan fingerprint density at radius 1 is 1.21 bits per heavy atom. The average Bonchev–Trinajstić information content (AvgIpc) is 3.37. The maximum atomic E-state index is 13.9. The van der Waals surface area contributed by atoms with Gasteiger partial charge >= 0.3 is 0 Å². The SMILES string of the molecule is COc1cc(CN(C(=O)C(C)(C)O)C2CCC(C3CC(c4cc(C(N)=O)nc(C)n4)=NO3)CC2)ccc1F. The Hall–Kier alpha value is -3.60. The first-order valence-corrected chi connectivity index (χ1v) is 12.7. The first kappa shape index (κ1) is 27.4. The number of amides is 2. The van der Waals surface area contributed by atoms with Crippen LogP contribution in [0.4, 0.5) is 4.39 Å². The summed E-state index contributed by atoms with van der Waals surface area (Å²) in [6, 6.07) is 5.96. The third-order valence-electron chi connectivity index (χ3n) is 7.14. The quantitative estimate of drug-likeness (QED) is 0.538. The number of oxime groups is 1. The van der Waals surface area contributed by atoms with Gasteiger partial charge in [0.15, 0.2) is 11.6 Å². The van der Waals surface area contributed by atoms with Gasteiger partial charge in [-0.25, -0.2) is 14.4 Å². The largest absolute Gasteiger partial charge is 0.494 e. The van der Waals surface area contributed by atoms with Crippen LogP contribution in [0.1, 0.15) is 73.5 Å². The van der Waals surface area contributed by atoms with Crippen molar-refractivity contribution >= 4 is 17.5 Å². The normalized spacial score (nSPS) is 21.4. The lowest BCUT2D eigenvalue weighted by Crippen LogP contribution is -2.50. The zero-order valence-electron chi connectivity index (χ0n) is 22.1. The molecule has 2 aromatic rings. The molecule has 2 amide bonds. The molecule has 0 saturated heterocycles. The number of nitrogens with zero attached hydrogens (tertiary/aromatic N) is 4. The number of primary amides is 1. The molecular weight excluding hydrogens is 493 g/mol. The summed E-state index contributed by atoms with van der Waals surface area (Å²) in [5, 5.41) is 14.7. The Bertz CT molecular complexity index is 1240. The van der Waals surface area contributed by atoms with E-state index < -0.39 is 17.3 Å². The van der Waals surface area contributed by atoms with E-state index in [1.54, 1.807) is 24.0 Å². The number of aliphatic hydroxyl groups is 1. The summed E-state index contributed by atoms with van der Waals surface area (Å²) in [6.45, 7) is 4.87. The number of hydrogen-bond donors (Lipinski definition) is 2. The first-order valence-electron chi connectivity index (χ1n) is 12.7. The van der Waals surface area contributed by atoms with E-state index >= 15 is 0 Å². The predicted octanol–water partition coefficient (Wildman–Crippen LogP) is 2.88. The monoisotopic (exact) mass is 527 g/mol. The second kappa shape index (κ2) is 11.0. The zero-order chi connectivity index (χ0) is 27.6. The number of benzene rings is 1. The van der Waals surface area contributed by atoms with Crippen LogP contribution in [0.3, 0.4) is 0 Å². The van der Waals surface area contributed by atoms with Crippen molar-refractivity contribution in [1.29, 1.82) is 0 Å². The molecule has 204 valence electrons. The van der Waals surface area contributed by atoms with Crippen molar-refractivity contribution < 1.29 is 28.7 Å². The molecule has 1 aromatic heterocycles. The number of halogens is 1. The van der Waals surface area contributed by atoms with Crippen LogP contribution in [-0.2, 0) is 16.2 Å². The van der Waals surface area contributed by atoms with Crippen molar-refractivity contribution in [1.82, 2.24) is 14.9 Å². The summed E-state index contributed by atoms with van der Waals surface area (Å²) >= 11 is 0. The average molecular weight is 528 g/mol. The van der Waals surface area contributed by atoms with Crippen molar-refractivity contribution in [2.75, 3.05) is 7.11 Å². The molecule has 1 saturated carbocycles. The number of aromatic nitrogens is 2. The zero-order valence-corrected chi connectivity index (χ0v) is 22.1. The molecular formula is C27H34FN5O5. The van der Waals surface area contributed by atoms with Crippen molar-refractivity contribution in [3.05, 3.63) is 52.9 Å². The predicted molar refractivity (Wildman–Crippen MR) is 137 cm³/mol. The molecule has 1 aromatic carbocycles. The number of carbonyl (C=O) groups excluding carboxylic acids is 2. The molecule has 1 aliphatic carbocycles. The fourth-order valence-corrected chi connectivity index (χ4v) is 5.14. The standard InChI is InChI=1S/C27H34FN5O5/c1-15-30-20(12-22(31-15)25(29)34)21-13-23(38-32-21)17-6-8-18(9-7-17)33(26(35)27(2,3)36)14-16-5-10-19(28)24(11-16)37-4/h5,10-12,17-18,23,36H,6-9,13-14H2,1-4H3,(H2,29,34). The summed E-state index contributed by atoms with van der Waals surface area (Å²) in [5.74, 6) is -0.725. The van der Waals surface area contributed by atoms with Crippen LogP contribution in [-0.4, -0.2) is 62.4 Å². The second-order valence-electron chi connectivity index (χ2n) is 10.5. The van der Waals surface area contributed by atoms with Crippen LogP contribution < -0.4 is 10.5 Å². The molecule has 3 N–H and O–H groups in total. The third kappa shape index (κ3) is 6.09. The molecule has 0 spiro atoms. The maximum absolute atomic E-state index is 13.9. The highest BCUT2D eigenvalue weighted by Crippen LogP contribution is 2.36. The van der Waals surface area contributed by atoms with E-state index in [0.717, 1.165) is 31.2 Å². The third-order valence-corrected chi connectivity index (χ3v) is 7.14. The topological polar surface area (TPSA) is 140 Å². The number of aryl methyl sites for hydroxylation is 1. The van der Waals surface area contributed by atoms with E-state index in [0.29, 0.717) is 23.7 Å². The van der Waals surface area contributed by atoms with Crippen molar-refractivity contribution in [3.8, 4) is 5.75 Å². The summed E-state index contributed by atoms with van der Waals surface area (Å²) in [7, 11) is 1.39. The highest BCUT2D eigenvalue weighted by Gasteiger charge is 2.39. The molecule has 1 atom stereocenters. The Morgan fingerprint density at radius 3 is 2.55 bits per heavy atom. The van der Waals surface area contributed by atoms with Gasteiger partial charge in [-0.15, -0.1) is 0 Å².